The Morgan fingerprint density at radius 2 is 1.71 bits per heavy atom. The minimum atomic E-state index is 0.409. The Hall–Kier alpha value is -0.0800. The molecule has 0 amide bonds. The van der Waals surface area contributed by atoms with Gasteiger partial charge < -0.3 is 10.1 Å². The Morgan fingerprint density at radius 3 is 2.24 bits per heavy atom. The summed E-state index contributed by atoms with van der Waals surface area (Å²) in [6.45, 7) is 13.0. The van der Waals surface area contributed by atoms with Crippen molar-refractivity contribution in [2.45, 2.75) is 78.9 Å². The molecule has 1 N–H and O–H groups in total. The van der Waals surface area contributed by atoms with Gasteiger partial charge in [0.2, 0.25) is 0 Å². The molecule has 104 valence electrons. The van der Waals surface area contributed by atoms with E-state index < -0.39 is 0 Å². The van der Waals surface area contributed by atoms with Crippen molar-refractivity contribution in [3.63, 3.8) is 0 Å². The second kappa shape index (κ2) is 11.0. The van der Waals surface area contributed by atoms with E-state index in [0.29, 0.717) is 18.1 Å². The molecule has 0 aromatic rings. The number of hydrogen-bond donors (Lipinski definition) is 1. The molecule has 0 heterocycles. The van der Waals surface area contributed by atoms with Gasteiger partial charge in [0.25, 0.3) is 0 Å². The number of unbranched alkanes of at least 4 members (excludes halogenated alkanes) is 3. The van der Waals surface area contributed by atoms with E-state index in [4.69, 9.17) is 4.74 Å². The Morgan fingerprint density at radius 1 is 1.00 bits per heavy atom. The van der Waals surface area contributed by atoms with Crippen LogP contribution in [0.5, 0.6) is 0 Å². The molecule has 2 atom stereocenters. The van der Waals surface area contributed by atoms with E-state index in [1.807, 2.05) is 0 Å². The van der Waals surface area contributed by atoms with Crippen molar-refractivity contribution in [1.82, 2.24) is 5.32 Å². The zero-order chi connectivity index (χ0) is 13.1. The highest BCUT2D eigenvalue weighted by molar-refractivity contribution is 4.69. The average molecular weight is 243 g/mol. The summed E-state index contributed by atoms with van der Waals surface area (Å²) < 4.78 is 5.94. The molecule has 0 rings (SSSR count). The normalized spacial score (nSPS) is 15.2. The van der Waals surface area contributed by atoms with Gasteiger partial charge in [-0.15, -0.1) is 0 Å². The van der Waals surface area contributed by atoms with Crippen LogP contribution in [0.15, 0.2) is 0 Å². The van der Waals surface area contributed by atoms with Crippen LogP contribution in [0, 0.1) is 5.92 Å². The van der Waals surface area contributed by atoms with E-state index in [1.54, 1.807) is 0 Å². The van der Waals surface area contributed by atoms with Crippen molar-refractivity contribution in [3.05, 3.63) is 0 Å². The number of likely N-dealkylation sites (N-methyl/N-ethyl adjacent to an activating group) is 1. The first kappa shape index (κ1) is 16.9. The molecule has 0 aromatic heterocycles. The van der Waals surface area contributed by atoms with Gasteiger partial charge in [0.1, 0.15) is 0 Å². The lowest BCUT2D eigenvalue weighted by molar-refractivity contribution is 0.0352. The molecule has 2 nitrogen and oxygen atoms in total. The number of hydrogen-bond acceptors (Lipinski definition) is 2. The SMILES string of the molecule is CCCCCCC(C)OCC(NCC)C(C)C. The molecule has 0 aromatic carbocycles. The number of rotatable bonds is 11. The minimum absolute atomic E-state index is 0.409. The molecule has 0 saturated heterocycles. The first-order valence-corrected chi connectivity index (χ1v) is 7.46. The Kier molecular flexibility index (Phi) is 11.0. The number of nitrogens with one attached hydrogen (secondary N) is 1. The molecule has 0 saturated carbocycles. The number of ether oxygens (including phenoxy) is 1. The molecule has 2 heteroatoms. The average Bonchev–Trinajstić information content (AvgIpc) is 2.29. The van der Waals surface area contributed by atoms with Crippen LogP contribution in [0.25, 0.3) is 0 Å². The van der Waals surface area contributed by atoms with E-state index in [0.717, 1.165) is 13.2 Å². The summed E-state index contributed by atoms with van der Waals surface area (Å²) in [4.78, 5) is 0. The predicted octanol–water partition coefficient (Wildman–Crippen LogP) is 4.00. The highest BCUT2D eigenvalue weighted by Gasteiger charge is 2.13. The second-order valence-corrected chi connectivity index (χ2v) is 5.40. The maximum Gasteiger partial charge on any atom is 0.0625 e. The standard InChI is InChI=1S/C15H33NO/c1-6-8-9-10-11-14(5)17-12-15(13(3)4)16-7-2/h13-16H,6-12H2,1-5H3. The topological polar surface area (TPSA) is 21.3 Å². The fourth-order valence-corrected chi connectivity index (χ4v) is 1.96. The summed E-state index contributed by atoms with van der Waals surface area (Å²) in [5, 5.41) is 3.49. The Bertz CT molecular complexity index is 159. The van der Waals surface area contributed by atoms with Gasteiger partial charge in [-0.3, -0.25) is 0 Å². The largest absolute Gasteiger partial charge is 0.377 e. The van der Waals surface area contributed by atoms with Crippen LogP contribution in [0.1, 0.15) is 66.7 Å². The van der Waals surface area contributed by atoms with Crippen LogP contribution in [-0.2, 0) is 4.74 Å². The fraction of sp³-hybridized carbons (Fsp3) is 1.00. The van der Waals surface area contributed by atoms with Gasteiger partial charge in [-0.1, -0.05) is 53.4 Å². The van der Waals surface area contributed by atoms with Crippen molar-refractivity contribution in [2.24, 2.45) is 5.92 Å². The van der Waals surface area contributed by atoms with E-state index in [9.17, 15) is 0 Å². The van der Waals surface area contributed by atoms with E-state index >= 15 is 0 Å². The van der Waals surface area contributed by atoms with Crippen molar-refractivity contribution in [2.75, 3.05) is 13.2 Å². The summed E-state index contributed by atoms with van der Waals surface area (Å²) >= 11 is 0. The molecule has 2 unspecified atom stereocenters. The van der Waals surface area contributed by atoms with Gasteiger partial charge in [0.15, 0.2) is 0 Å². The smallest absolute Gasteiger partial charge is 0.0625 e. The second-order valence-electron chi connectivity index (χ2n) is 5.40. The monoisotopic (exact) mass is 243 g/mol. The molecule has 0 bridgehead atoms. The molecule has 0 spiro atoms. The minimum Gasteiger partial charge on any atom is -0.377 e. The zero-order valence-electron chi connectivity index (χ0n) is 12.6. The van der Waals surface area contributed by atoms with Crippen molar-refractivity contribution in [1.29, 1.82) is 0 Å². The summed E-state index contributed by atoms with van der Waals surface area (Å²) in [7, 11) is 0. The first-order valence-electron chi connectivity index (χ1n) is 7.46. The third kappa shape index (κ3) is 9.61. The summed E-state index contributed by atoms with van der Waals surface area (Å²) in [5.74, 6) is 0.641. The molecule has 17 heavy (non-hydrogen) atoms. The lowest BCUT2D eigenvalue weighted by Gasteiger charge is -2.24. The van der Waals surface area contributed by atoms with Gasteiger partial charge >= 0.3 is 0 Å². The summed E-state index contributed by atoms with van der Waals surface area (Å²) in [6, 6.07) is 0.498. The molecule has 0 aliphatic carbocycles. The molecule has 0 fully saturated rings. The van der Waals surface area contributed by atoms with E-state index in [1.165, 1.54) is 32.1 Å². The Balaban J connectivity index is 3.61. The van der Waals surface area contributed by atoms with E-state index in [-0.39, 0.29) is 0 Å². The zero-order valence-corrected chi connectivity index (χ0v) is 12.6. The molecule has 0 aliphatic rings. The van der Waals surface area contributed by atoms with Gasteiger partial charge in [-0.05, 0) is 25.8 Å². The van der Waals surface area contributed by atoms with Crippen LogP contribution in [0.2, 0.25) is 0 Å². The summed E-state index contributed by atoms with van der Waals surface area (Å²) in [5.41, 5.74) is 0. The van der Waals surface area contributed by atoms with Crippen LogP contribution in [-0.4, -0.2) is 25.3 Å². The van der Waals surface area contributed by atoms with E-state index in [2.05, 4.69) is 39.9 Å². The van der Waals surface area contributed by atoms with Crippen molar-refractivity contribution >= 4 is 0 Å². The predicted molar refractivity (Wildman–Crippen MR) is 76.5 cm³/mol. The van der Waals surface area contributed by atoms with Crippen LogP contribution in [0.4, 0.5) is 0 Å². The summed E-state index contributed by atoms with van der Waals surface area (Å²) in [6.07, 6.45) is 6.95. The highest BCUT2D eigenvalue weighted by atomic mass is 16.5. The van der Waals surface area contributed by atoms with Crippen LogP contribution >= 0.6 is 0 Å². The van der Waals surface area contributed by atoms with Crippen molar-refractivity contribution < 1.29 is 4.74 Å². The van der Waals surface area contributed by atoms with Gasteiger partial charge in [-0.2, -0.15) is 0 Å². The van der Waals surface area contributed by atoms with Crippen LogP contribution in [0.3, 0.4) is 0 Å². The third-order valence-electron chi connectivity index (χ3n) is 3.30. The van der Waals surface area contributed by atoms with Crippen molar-refractivity contribution in [3.8, 4) is 0 Å². The highest BCUT2D eigenvalue weighted by Crippen LogP contribution is 2.10. The van der Waals surface area contributed by atoms with Gasteiger partial charge in [0, 0.05) is 6.04 Å². The molecular weight excluding hydrogens is 210 g/mol. The quantitative estimate of drug-likeness (QED) is 0.554. The first-order chi connectivity index (χ1) is 8.11. The third-order valence-corrected chi connectivity index (χ3v) is 3.30. The lowest BCUT2D eigenvalue weighted by Crippen LogP contribution is -2.38. The van der Waals surface area contributed by atoms with Crippen LogP contribution < -0.4 is 5.32 Å². The maximum atomic E-state index is 5.94. The molecule has 0 aliphatic heterocycles. The van der Waals surface area contributed by atoms with Gasteiger partial charge in [0.05, 0.1) is 12.7 Å². The fourth-order valence-electron chi connectivity index (χ4n) is 1.96. The lowest BCUT2D eigenvalue weighted by atomic mass is 10.1. The molecule has 0 radical (unpaired) electrons. The van der Waals surface area contributed by atoms with Gasteiger partial charge in [-0.25, -0.2) is 0 Å². The maximum absolute atomic E-state index is 5.94. The molecular formula is C15H33NO. The Labute approximate surface area is 109 Å².